The molecule has 0 atom stereocenters. The number of hydrogen-bond acceptors (Lipinski definition) is 9. The van der Waals surface area contributed by atoms with Gasteiger partial charge in [0.1, 0.15) is 0 Å². The number of thiophene rings is 1. The van der Waals surface area contributed by atoms with Gasteiger partial charge in [0.25, 0.3) is 5.91 Å². The van der Waals surface area contributed by atoms with E-state index < -0.39 is 4.92 Å². The minimum Gasteiger partial charge on any atom is -0.493 e. The molecule has 30 heavy (non-hydrogen) atoms. The smallest absolute Gasteiger partial charge is 0.324 e. The van der Waals surface area contributed by atoms with Crippen LogP contribution in [0.25, 0.3) is 10.2 Å². The van der Waals surface area contributed by atoms with E-state index in [0.29, 0.717) is 33.6 Å². The van der Waals surface area contributed by atoms with Crippen LogP contribution in [0.1, 0.15) is 16.1 Å². The van der Waals surface area contributed by atoms with Crippen molar-refractivity contribution in [2.24, 2.45) is 0 Å². The Hall–Kier alpha value is -2.76. The molecule has 0 saturated heterocycles. The maximum absolute atomic E-state index is 13.2. The van der Waals surface area contributed by atoms with Crippen molar-refractivity contribution in [1.29, 1.82) is 0 Å². The third-order valence-electron chi connectivity index (χ3n) is 4.33. The Morgan fingerprint density at radius 3 is 2.43 bits per heavy atom. The second-order valence-electron chi connectivity index (χ2n) is 6.68. The number of carbonyl (C=O) groups excluding carboxylic acids is 1. The Morgan fingerprint density at radius 2 is 1.83 bits per heavy atom. The molecule has 0 fully saturated rings. The third kappa shape index (κ3) is 4.69. The fourth-order valence-corrected chi connectivity index (χ4v) is 4.63. The Morgan fingerprint density at radius 1 is 1.13 bits per heavy atom. The average molecular weight is 451 g/mol. The summed E-state index contributed by atoms with van der Waals surface area (Å²) >= 11 is 2.23. The van der Waals surface area contributed by atoms with E-state index in [9.17, 15) is 14.9 Å². The van der Waals surface area contributed by atoms with Crippen LogP contribution in [0.3, 0.4) is 0 Å². The second kappa shape index (κ2) is 9.37. The molecular formula is C19H22N4O5S2. The molecule has 3 aromatic rings. The second-order valence-corrected chi connectivity index (χ2v) is 8.75. The van der Waals surface area contributed by atoms with E-state index in [4.69, 9.17) is 9.47 Å². The molecule has 0 radical (unpaired) electrons. The lowest BCUT2D eigenvalue weighted by Crippen LogP contribution is -2.32. The number of fused-ring (bicyclic) bond motifs is 1. The summed E-state index contributed by atoms with van der Waals surface area (Å²) in [6.07, 6.45) is 0.731. The van der Waals surface area contributed by atoms with Crippen LogP contribution >= 0.6 is 22.7 Å². The minimum atomic E-state index is -0.492. The van der Waals surface area contributed by atoms with Crippen molar-refractivity contribution in [3.63, 3.8) is 0 Å². The Labute approximate surface area is 181 Å². The maximum Gasteiger partial charge on any atom is 0.324 e. The molecular weight excluding hydrogens is 428 g/mol. The summed E-state index contributed by atoms with van der Waals surface area (Å²) in [5.41, 5.74) is 0.690. The highest BCUT2D eigenvalue weighted by Gasteiger charge is 2.25. The molecule has 1 aromatic carbocycles. The van der Waals surface area contributed by atoms with Crippen molar-refractivity contribution in [2.45, 2.75) is 6.42 Å². The van der Waals surface area contributed by atoms with Crippen LogP contribution in [0.2, 0.25) is 0 Å². The van der Waals surface area contributed by atoms with Gasteiger partial charge in [-0.1, -0.05) is 22.7 Å². The molecule has 11 heteroatoms. The van der Waals surface area contributed by atoms with Gasteiger partial charge in [0.05, 0.1) is 34.2 Å². The standard InChI is InChI=1S/C19H22N4O5S2/c1-21(2)8-5-9-22(18(24)15-6-7-17(29-15)23(25)26)19-20-12-10-13(27-3)14(28-4)11-16(12)30-19/h6-7,10-11H,5,8-9H2,1-4H3. The minimum absolute atomic E-state index is 0.0645. The van der Waals surface area contributed by atoms with E-state index in [0.717, 1.165) is 29.0 Å². The normalized spacial score (nSPS) is 11.1. The molecule has 0 saturated carbocycles. The number of methoxy groups -OCH3 is 2. The van der Waals surface area contributed by atoms with Crippen LogP contribution in [0, 0.1) is 10.1 Å². The van der Waals surface area contributed by atoms with Gasteiger partial charge in [-0.05, 0) is 33.1 Å². The van der Waals surface area contributed by atoms with E-state index in [-0.39, 0.29) is 10.9 Å². The largest absolute Gasteiger partial charge is 0.493 e. The maximum atomic E-state index is 13.2. The first-order valence-corrected chi connectivity index (χ1v) is 10.7. The van der Waals surface area contributed by atoms with Crippen molar-refractivity contribution in [3.05, 3.63) is 39.3 Å². The van der Waals surface area contributed by atoms with Crippen molar-refractivity contribution in [3.8, 4) is 11.5 Å². The predicted molar refractivity (Wildman–Crippen MR) is 119 cm³/mol. The molecule has 3 rings (SSSR count). The first-order valence-electron chi connectivity index (χ1n) is 9.07. The molecule has 1 amide bonds. The first kappa shape index (κ1) is 21.9. The van der Waals surface area contributed by atoms with E-state index in [1.54, 1.807) is 25.2 Å². The van der Waals surface area contributed by atoms with Crippen LogP contribution in [-0.2, 0) is 0 Å². The first-order chi connectivity index (χ1) is 14.3. The van der Waals surface area contributed by atoms with Crippen molar-refractivity contribution < 1.29 is 19.2 Å². The molecule has 0 bridgehead atoms. The molecule has 0 aliphatic rings. The topological polar surface area (TPSA) is 98.0 Å². The lowest BCUT2D eigenvalue weighted by molar-refractivity contribution is -0.380. The summed E-state index contributed by atoms with van der Waals surface area (Å²) in [6.45, 7) is 1.23. The highest BCUT2D eigenvalue weighted by Crippen LogP contribution is 2.38. The number of hydrogen-bond donors (Lipinski definition) is 0. The SMILES string of the molecule is COc1cc2nc(N(CCCN(C)C)C(=O)c3ccc([N+](=O)[O-])s3)sc2cc1OC. The van der Waals surface area contributed by atoms with Gasteiger partial charge in [0.15, 0.2) is 16.6 Å². The van der Waals surface area contributed by atoms with E-state index in [2.05, 4.69) is 4.98 Å². The summed E-state index contributed by atoms with van der Waals surface area (Å²) < 4.78 is 11.5. The van der Waals surface area contributed by atoms with Gasteiger partial charge >= 0.3 is 5.00 Å². The molecule has 2 aromatic heterocycles. The fraction of sp³-hybridized carbons (Fsp3) is 0.368. The van der Waals surface area contributed by atoms with Crippen molar-refractivity contribution in [2.75, 3.05) is 46.3 Å². The van der Waals surface area contributed by atoms with Crippen molar-refractivity contribution >= 4 is 48.9 Å². The molecule has 0 N–H and O–H groups in total. The summed E-state index contributed by atoms with van der Waals surface area (Å²) in [5.74, 6) is 0.839. The van der Waals surface area contributed by atoms with Crippen LogP contribution in [0.15, 0.2) is 24.3 Å². The van der Waals surface area contributed by atoms with Crippen molar-refractivity contribution in [1.82, 2.24) is 9.88 Å². The van der Waals surface area contributed by atoms with Crippen LogP contribution in [-0.4, -0.2) is 62.1 Å². The number of benzene rings is 1. The van der Waals surface area contributed by atoms with Gasteiger partial charge in [0.2, 0.25) is 0 Å². The molecule has 2 heterocycles. The molecule has 0 unspecified atom stereocenters. The highest BCUT2D eigenvalue weighted by atomic mass is 32.1. The number of nitro groups is 1. The van der Waals surface area contributed by atoms with Gasteiger partial charge < -0.3 is 14.4 Å². The predicted octanol–water partition coefficient (Wildman–Crippen LogP) is 3.88. The lowest BCUT2D eigenvalue weighted by atomic mass is 10.3. The van der Waals surface area contributed by atoms with Gasteiger partial charge in [-0.3, -0.25) is 19.8 Å². The van der Waals surface area contributed by atoms with Gasteiger partial charge in [0, 0.05) is 24.7 Å². The number of anilines is 1. The van der Waals surface area contributed by atoms with E-state index >= 15 is 0 Å². The number of ether oxygens (including phenoxy) is 2. The average Bonchev–Trinajstić information content (AvgIpc) is 3.36. The number of thiazole rings is 1. The van der Waals surface area contributed by atoms with Crippen LogP contribution in [0.4, 0.5) is 10.1 Å². The summed E-state index contributed by atoms with van der Waals surface area (Å²) in [6, 6.07) is 6.44. The molecule has 0 aliphatic heterocycles. The number of nitrogens with zero attached hydrogens (tertiary/aromatic N) is 4. The van der Waals surface area contributed by atoms with Crippen LogP contribution < -0.4 is 14.4 Å². The van der Waals surface area contributed by atoms with Crippen LogP contribution in [0.5, 0.6) is 11.5 Å². The number of rotatable bonds is 9. The zero-order valence-electron chi connectivity index (χ0n) is 17.1. The Bertz CT molecular complexity index is 1020. The molecule has 160 valence electrons. The van der Waals surface area contributed by atoms with Gasteiger partial charge in [-0.2, -0.15) is 0 Å². The quantitative estimate of drug-likeness (QED) is 0.360. The van der Waals surface area contributed by atoms with E-state index in [1.807, 2.05) is 25.1 Å². The Balaban J connectivity index is 1.98. The zero-order chi connectivity index (χ0) is 21.8. The fourth-order valence-electron chi connectivity index (χ4n) is 2.86. The number of amides is 1. The number of carbonyl (C=O) groups is 1. The van der Waals surface area contributed by atoms with Gasteiger partial charge in [-0.25, -0.2) is 4.98 Å². The summed E-state index contributed by atoms with van der Waals surface area (Å²) in [5, 5.41) is 11.5. The molecule has 0 aliphatic carbocycles. The van der Waals surface area contributed by atoms with Gasteiger partial charge in [-0.15, -0.1) is 0 Å². The highest BCUT2D eigenvalue weighted by molar-refractivity contribution is 7.22. The summed E-state index contributed by atoms with van der Waals surface area (Å²) in [7, 11) is 7.04. The molecule has 9 nitrogen and oxygen atoms in total. The summed E-state index contributed by atoms with van der Waals surface area (Å²) in [4.78, 5) is 32.3. The monoisotopic (exact) mass is 450 g/mol. The lowest BCUT2D eigenvalue weighted by Gasteiger charge is -2.20. The van der Waals surface area contributed by atoms with E-state index in [1.165, 1.54) is 23.5 Å². The third-order valence-corrected chi connectivity index (χ3v) is 6.39. The zero-order valence-corrected chi connectivity index (χ0v) is 18.7. The Kier molecular flexibility index (Phi) is 6.85. The number of aromatic nitrogens is 1. The molecule has 0 spiro atoms.